The summed E-state index contributed by atoms with van der Waals surface area (Å²) in [7, 11) is 3.12. The van der Waals surface area contributed by atoms with Gasteiger partial charge in [-0.2, -0.15) is 0 Å². The quantitative estimate of drug-likeness (QED) is 0.780. The van der Waals surface area contributed by atoms with E-state index in [-0.39, 0.29) is 24.9 Å². The summed E-state index contributed by atoms with van der Waals surface area (Å²) >= 11 is 0. The van der Waals surface area contributed by atoms with Crippen LogP contribution in [0.5, 0.6) is 0 Å². The van der Waals surface area contributed by atoms with E-state index in [2.05, 4.69) is 5.32 Å². The molecule has 20 heavy (non-hydrogen) atoms. The van der Waals surface area contributed by atoms with Crippen LogP contribution in [0.1, 0.15) is 26.2 Å². The van der Waals surface area contributed by atoms with E-state index in [0.717, 1.165) is 6.42 Å². The Morgan fingerprint density at radius 1 is 1.40 bits per heavy atom. The standard InChI is InChI=1S/C13H23N3O4/c1-9-4-7-16(10(8-9)12(18)19)13(20)15(3)6-5-11(17)14-2/h9-10H,4-8H2,1-3H3,(H,14,17)(H,18,19). The molecule has 1 aliphatic rings. The fourth-order valence-corrected chi connectivity index (χ4v) is 2.31. The van der Waals surface area contributed by atoms with Crippen LogP contribution in [-0.4, -0.2) is 66.0 Å². The second kappa shape index (κ2) is 7.12. The van der Waals surface area contributed by atoms with Gasteiger partial charge in [0, 0.05) is 33.6 Å². The first-order chi connectivity index (χ1) is 9.36. The highest BCUT2D eigenvalue weighted by Crippen LogP contribution is 2.23. The van der Waals surface area contributed by atoms with Gasteiger partial charge < -0.3 is 20.2 Å². The van der Waals surface area contributed by atoms with E-state index < -0.39 is 12.0 Å². The molecule has 3 amide bonds. The molecule has 0 aromatic carbocycles. The van der Waals surface area contributed by atoms with Crippen LogP contribution in [0.15, 0.2) is 0 Å². The van der Waals surface area contributed by atoms with Crippen molar-refractivity contribution in [2.24, 2.45) is 5.92 Å². The third-order valence-corrected chi connectivity index (χ3v) is 3.68. The minimum Gasteiger partial charge on any atom is -0.480 e. The van der Waals surface area contributed by atoms with E-state index in [1.807, 2.05) is 6.92 Å². The summed E-state index contributed by atoms with van der Waals surface area (Å²) in [4.78, 5) is 37.5. The summed E-state index contributed by atoms with van der Waals surface area (Å²) in [6.45, 7) is 2.71. The van der Waals surface area contributed by atoms with E-state index in [0.29, 0.717) is 18.9 Å². The normalized spacial score (nSPS) is 22.2. The zero-order chi connectivity index (χ0) is 15.3. The first kappa shape index (κ1) is 16.3. The lowest BCUT2D eigenvalue weighted by molar-refractivity contribution is -0.144. The summed E-state index contributed by atoms with van der Waals surface area (Å²) in [5.74, 6) is -0.812. The fourth-order valence-electron chi connectivity index (χ4n) is 2.31. The Bertz CT molecular complexity index is 386. The van der Waals surface area contributed by atoms with Crippen LogP contribution in [-0.2, 0) is 9.59 Å². The van der Waals surface area contributed by atoms with Gasteiger partial charge in [-0.25, -0.2) is 9.59 Å². The molecule has 1 heterocycles. The molecule has 7 heteroatoms. The number of rotatable bonds is 4. The number of hydrogen-bond donors (Lipinski definition) is 2. The smallest absolute Gasteiger partial charge is 0.326 e. The topological polar surface area (TPSA) is 90.0 Å². The van der Waals surface area contributed by atoms with Crippen molar-refractivity contribution in [3.63, 3.8) is 0 Å². The summed E-state index contributed by atoms with van der Waals surface area (Å²) in [6.07, 6.45) is 1.49. The minimum absolute atomic E-state index is 0.147. The van der Waals surface area contributed by atoms with Gasteiger partial charge in [0.05, 0.1) is 0 Å². The molecule has 2 unspecified atom stereocenters. The molecule has 0 aromatic rings. The number of carboxylic acids is 1. The zero-order valence-corrected chi connectivity index (χ0v) is 12.3. The molecule has 0 radical (unpaired) electrons. The Balaban J connectivity index is 2.63. The number of urea groups is 1. The van der Waals surface area contributed by atoms with Gasteiger partial charge in [-0.05, 0) is 18.8 Å². The Morgan fingerprint density at radius 3 is 2.60 bits per heavy atom. The van der Waals surface area contributed by atoms with E-state index in [1.165, 1.54) is 16.8 Å². The highest BCUT2D eigenvalue weighted by molar-refractivity contribution is 5.83. The van der Waals surface area contributed by atoms with Gasteiger partial charge in [0.2, 0.25) is 5.91 Å². The Kier molecular flexibility index (Phi) is 5.79. The molecule has 1 saturated heterocycles. The summed E-state index contributed by atoms with van der Waals surface area (Å²) in [5.41, 5.74) is 0. The van der Waals surface area contributed by atoms with Gasteiger partial charge in [0.1, 0.15) is 6.04 Å². The number of aliphatic carboxylic acids is 1. The third-order valence-electron chi connectivity index (χ3n) is 3.68. The van der Waals surface area contributed by atoms with Gasteiger partial charge in [0.25, 0.3) is 0 Å². The largest absolute Gasteiger partial charge is 0.480 e. The fraction of sp³-hybridized carbons (Fsp3) is 0.769. The van der Waals surface area contributed by atoms with Crippen molar-refractivity contribution < 1.29 is 19.5 Å². The van der Waals surface area contributed by atoms with Crippen LogP contribution in [0, 0.1) is 5.92 Å². The van der Waals surface area contributed by atoms with Crippen molar-refractivity contribution >= 4 is 17.9 Å². The molecule has 114 valence electrons. The zero-order valence-electron chi connectivity index (χ0n) is 12.3. The maximum atomic E-state index is 12.3. The van der Waals surface area contributed by atoms with E-state index >= 15 is 0 Å². The lowest BCUT2D eigenvalue weighted by Crippen LogP contribution is -2.53. The maximum absolute atomic E-state index is 12.3. The molecular formula is C13H23N3O4. The summed E-state index contributed by atoms with van der Waals surface area (Å²) < 4.78 is 0. The van der Waals surface area contributed by atoms with Gasteiger partial charge in [-0.1, -0.05) is 6.92 Å². The second-order valence-corrected chi connectivity index (χ2v) is 5.30. The van der Waals surface area contributed by atoms with Crippen LogP contribution in [0.4, 0.5) is 4.79 Å². The minimum atomic E-state index is -0.968. The van der Waals surface area contributed by atoms with Crippen molar-refractivity contribution in [2.75, 3.05) is 27.2 Å². The molecule has 0 spiro atoms. The predicted molar refractivity (Wildman–Crippen MR) is 73.2 cm³/mol. The highest BCUT2D eigenvalue weighted by atomic mass is 16.4. The Hall–Kier alpha value is -1.79. The number of piperidine rings is 1. The lowest BCUT2D eigenvalue weighted by Gasteiger charge is -2.38. The molecule has 0 aromatic heterocycles. The number of nitrogens with zero attached hydrogens (tertiary/aromatic N) is 2. The number of amides is 3. The van der Waals surface area contributed by atoms with Crippen LogP contribution < -0.4 is 5.32 Å². The SMILES string of the molecule is CNC(=O)CCN(C)C(=O)N1CCC(C)CC1C(=O)O. The molecule has 1 aliphatic heterocycles. The molecule has 7 nitrogen and oxygen atoms in total. The van der Waals surface area contributed by atoms with Gasteiger partial charge in [-0.3, -0.25) is 4.79 Å². The Morgan fingerprint density at radius 2 is 2.05 bits per heavy atom. The third kappa shape index (κ3) is 4.11. The molecule has 0 bridgehead atoms. The first-order valence-electron chi connectivity index (χ1n) is 6.82. The van der Waals surface area contributed by atoms with Crippen LogP contribution in [0.2, 0.25) is 0 Å². The van der Waals surface area contributed by atoms with E-state index in [9.17, 15) is 19.5 Å². The van der Waals surface area contributed by atoms with Crippen molar-refractivity contribution in [3.05, 3.63) is 0 Å². The Labute approximate surface area is 118 Å². The molecule has 0 saturated carbocycles. The van der Waals surface area contributed by atoms with Crippen molar-refractivity contribution in [3.8, 4) is 0 Å². The van der Waals surface area contributed by atoms with Crippen LogP contribution in [0.3, 0.4) is 0 Å². The predicted octanol–water partition coefficient (Wildman–Crippen LogP) is 0.359. The van der Waals surface area contributed by atoms with E-state index in [4.69, 9.17) is 0 Å². The number of carbonyl (C=O) groups is 3. The lowest BCUT2D eigenvalue weighted by atomic mass is 9.93. The molecule has 1 rings (SSSR count). The molecular weight excluding hydrogens is 262 g/mol. The molecule has 0 aliphatic carbocycles. The van der Waals surface area contributed by atoms with Crippen LogP contribution in [0.25, 0.3) is 0 Å². The van der Waals surface area contributed by atoms with Crippen molar-refractivity contribution in [2.45, 2.75) is 32.2 Å². The van der Waals surface area contributed by atoms with Crippen molar-refractivity contribution in [1.29, 1.82) is 0 Å². The first-order valence-corrected chi connectivity index (χ1v) is 6.82. The highest BCUT2D eigenvalue weighted by Gasteiger charge is 2.35. The van der Waals surface area contributed by atoms with Gasteiger partial charge >= 0.3 is 12.0 Å². The van der Waals surface area contributed by atoms with Gasteiger partial charge in [-0.15, -0.1) is 0 Å². The summed E-state index contributed by atoms with van der Waals surface area (Å²) in [6, 6.07) is -1.10. The van der Waals surface area contributed by atoms with Crippen LogP contribution >= 0.6 is 0 Å². The average Bonchev–Trinajstić information content (AvgIpc) is 2.43. The summed E-state index contributed by atoms with van der Waals surface area (Å²) in [5, 5.41) is 11.7. The molecule has 2 N–H and O–H groups in total. The number of hydrogen-bond acceptors (Lipinski definition) is 3. The second-order valence-electron chi connectivity index (χ2n) is 5.30. The maximum Gasteiger partial charge on any atom is 0.326 e. The van der Waals surface area contributed by atoms with Crippen molar-refractivity contribution in [1.82, 2.24) is 15.1 Å². The number of nitrogens with one attached hydrogen (secondary N) is 1. The van der Waals surface area contributed by atoms with Gasteiger partial charge in [0.15, 0.2) is 0 Å². The average molecular weight is 285 g/mol. The monoisotopic (exact) mass is 285 g/mol. The number of carbonyl (C=O) groups excluding carboxylic acids is 2. The van der Waals surface area contributed by atoms with E-state index in [1.54, 1.807) is 7.05 Å². The molecule has 2 atom stereocenters. The number of likely N-dealkylation sites (tertiary alicyclic amines) is 1. The molecule has 1 fully saturated rings. The number of carboxylic acid groups (broad SMARTS) is 1.